The van der Waals surface area contributed by atoms with Gasteiger partial charge in [0.2, 0.25) is 0 Å². The normalized spacial score (nSPS) is 9.46. The molecule has 1 aromatic carbocycles. The van der Waals surface area contributed by atoms with E-state index in [0.29, 0.717) is 5.56 Å². The van der Waals surface area contributed by atoms with Gasteiger partial charge in [-0.15, -0.1) is 0 Å². The molecule has 4 nitrogen and oxygen atoms in total. The van der Waals surface area contributed by atoms with Crippen molar-refractivity contribution in [2.45, 2.75) is 34.1 Å². The summed E-state index contributed by atoms with van der Waals surface area (Å²) in [6.45, 7) is 7.87. The van der Waals surface area contributed by atoms with Crippen molar-refractivity contribution in [2.75, 3.05) is 0 Å². The van der Waals surface area contributed by atoms with Crippen LogP contribution in [0.15, 0.2) is 47.5 Å². The number of aryl methyl sites for hydroxylation is 2. The van der Waals surface area contributed by atoms with Crippen LogP contribution in [0, 0.1) is 13.8 Å². The van der Waals surface area contributed by atoms with Gasteiger partial charge in [-0.05, 0) is 37.1 Å². The molecule has 0 N–H and O–H groups in total. The van der Waals surface area contributed by atoms with Gasteiger partial charge in [-0.3, -0.25) is 4.79 Å². The van der Waals surface area contributed by atoms with E-state index in [0.717, 1.165) is 17.6 Å². The summed E-state index contributed by atoms with van der Waals surface area (Å²) in [4.78, 5) is 15.3. The van der Waals surface area contributed by atoms with Crippen molar-refractivity contribution in [2.24, 2.45) is 0 Å². The summed E-state index contributed by atoms with van der Waals surface area (Å²) in [7, 11) is 0. The van der Waals surface area contributed by atoms with Crippen LogP contribution in [0.1, 0.15) is 36.2 Å². The fourth-order valence-electron chi connectivity index (χ4n) is 2.27. The molecule has 125 valence electrons. The van der Waals surface area contributed by atoms with Crippen molar-refractivity contribution in [1.82, 2.24) is 14.6 Å². The summed E-state index contributed by atoms with van der Waals surface area (Å²) >= 11 is 2.06. The van der Waals surface area contributed by atoms with Gasteiger partial charge in [-0.1, -0.05) is 38.1 Å². The molecule has 24 heavy (non-hydrogen) atoms. The van der Waals surface area contributed by atoms with Gasteiger partial charge in [-0.2, -0.15) is 10.1 Å². The predicted octanol–water partition coefficient (Wildman–Crippen LogP) is 3.29. The van der Waals surface area contributed by atoms with E-state index in [-0.39, 0.29) is 5.56 Å². The molecule has 0 saturated heterocycles. The Morgan fingerprint density at radius 2 is 1.75 bits per heavy atom. The van der Waals surface area contributed by atoms with E-state index in [1.807, 2.05) is 38.1 Å². The zero-order valence-electron chi connectivity index (χ0n) is 14.7. The van der Waals surface area contributed by atoms with Gasteiger partial charge in [-0.25, -0.2) is 4.52 Å². The molecule has 0 bridgehead atoms. The summed E-state index contributed by atoms with van der Waals surface area (Å²) < 4.78 is 1.67. The topological polar surface area (TPSA) is 47.3 Å². The monoisotopic (exact) mass is 360 g/mol. The second-order valence-electron chi connectivity index (χ2n) is 4.93. The Morgan fingerprint density at radius 3 is 2.42 bits per heavy atom. The molecule has 3 aromatic rings. The van der Waals surface area contributed by atoms with E-state index < -0.39 is 0 Å². The number of rotatable bonds is 2. The van der Waals surface area contributed by atoms with Crippen LogP contribution in [0.3, 0.4) is 0 Å². The van der Waals surface area contributed by atoms with Crippen molar-refractivity contribution in [3.8, 4) is 0 Å². The molecule has 2 aromatic heterocycles. The average Bonchev–Trinajstić information content (AvgIpc) is 2.64. The molecule has 3 rings (SSSR count). The quantitative estimate of drug-likeness (QED) is 0.705. The van der Waals surface area contributed by atoms with E-state index in [1.165, 1.54) is 17.5 Å². The molecular weight excluding hydrogens is 337 g/mol. The van der Waals surface area contributed by atoms with E-state index in [4.69, 9.17) is 0 Å². The number of benzene rings is 1. The average molecular weight is 360 g/mol. The second-order valence-corrected chi connectivity index (χ2v) is 4.93. The number of hydrogen-bond acceptors (Lipinski definition) is 3. The SMILES string of the molecule is CC.Cc1ccccc1Cc1ccc2c(C)c(=O)ncn2n1.[CH2]=[V]. The fourth-order valence-corrected chi connectivity index (χ4v) is 2.27. The van der Waals surface area contributed by atoms with E-state index >= 15 is 0 Å². The minimum absolute atomic E-state index is 0.196. The van der Waals surface area contributed by atoms with Gasteiger partial charge < -0.3 is 0 Å². The Balaban J connectivity index is 0.000000671. The Bertz CT molecular complexity index is 859. The Labute approximate surface area is 152 Å². The molecule has 0 atom stereocenters. The molecule has 0 aliphatic heterocycles. The molecule has 0 aliphatic carbocycles. The zero-order valence-corrected chi connectivity index (χ0v) is 16.0. The Kier molecular flexibility index (Phi) is 8.30. The summed E-state index contributed by atoms with van der Waals surface area (Å²) in [5.74, 6) is 0. The van der Waals surface area contributed by atoms with Crippen molar-refractivity contribution in [1.29, 1.82) is 0 Å². The van der Waals surface area contributed by atoms with Gasteiger partial charge in [0, 0.05) is 12.0 Å². The molecule has 0 radical (unpaired) electrons. The van der Waals surface area contributed by atoms with Gasteiger partial charge in [0.05, 0.1) is 11.2 Å². The number of aromatic nitrogens is 3. The first-order chi connectivity index (χ1) is 11.6. The Morgan fingerprint density at radius 1 is 1.08 bits per heavy atom. The summed E-state index contributed by atoms with van der Waals surface area (Å²) in [6.07, 6.45) is 2.25. The van der Waals surface area contributed by atoms with Crippen molar-refractivity contribution >= 4 is 10.7 Å². The van der Waals surface area contributed by atoms with Crippen molar-refractivity contribution in [3.05, 3.63) is 75.5 Å². The summed E-state index contributed by atoms with van der Waals surface area (Å²) in [5.41, 5.74) is 4.70. The van der Waals surface area contributed by atoms with Crippen LogP contribution in [-0.4, -0.2) is 19.8 Å². The summed E-state index contributed by atoms with van der Waals surface area (Å²) in [5, 5.41) is 7.72. The van der Waals surface area contributed by atoms with Crippen molar-refractivity contribution < 1.29 is 17.0 Å². The minimum atomic E-state index is -0.196. The van der Waals surface area contributed by atoms with Crippen LogP contribution in [0.4, 0.5) is 0 Å². The maximum atomic E-state index is 11.5. The predicted molar refractivity (Wildman–Crippen MR) is 96.4 cm³/mol. The molecule has 0 saturated carbocycles. The first-order valence-corrected chi connectivity index (χ1v) is 8.84. The number of fused-ring (bicyclic) bond motifs is 1. The number of nitrogens with zero attached hydrogens (tertiary/aromatic N) is 3. The second kappa shape index (κ2) is 9.96. The third-order valence-electron chi connectivity index (χ3n) is 3.54. The molecule has 5 heteroatoms. The zero-order chi connectivity index (χ0) is 18.1. The molecule has 0 spiro atoms. The van der Waals surface area contributed by atoms with E-state index in [9.17, 15) is 4.79 Å². The van der Waals surface area contributed by atoms with Crippen LogP contribution in [0.25, 0.3) is 5.52 Å². The first kappa shape index (κ1) is 20.0. The van der Waals surface area contributed by atoms with Gasteiger partial charge in [0.25, 0.3) is 5.56 Å². The molecular formula is C19H23N3OV. The first-order valence-electron chi connectivity index (χ1n) is 7.85. The standard InChI is InChI=1S/C16H15N3O.C2H6.CH2.V/c1-11-5-3-4-6-13(11)9-14-7-8-15-12(2)16(20)17-10-19(15)18-14;1-2;;/h3-8,10H,9H2,1-2H3;1-2H3;1H2;. The van der Waals surface area contributed by atoms with Crippen LogP contribution in [0.5, 0.6) is 0 Å². The van der Waals surface area contributed by atoms with Crippen LogP contribution >= 0.6 is 0 Å². The van der Waals surface area contributed by atoms with Crippen molar-refractivity contribution in [3.63, 3.8) is 0 Å². The van der Waals surface area contributed by atoms with Gasteiger partial charge in [0.15, 0.2) is 0 Å². The third kappa shape index (κ3) is 4.73. The third-order valence-corrected chi connectivity index (χ3v) is 3.54. The molecule has 0 unspecified atom stereocenters. The van der Waals surface area contributed by atoms with E-state index in [1.54, 1.807) is 11.4 Å². The summed E-state index contributed by atoms with van der Waals surface area (Å²) in [6, 6.07) is 12.2. The van der Waals surface area contributed by atoms with Gasteiger partial charge >= 0.3 is 22.2 Å². The number of hydrogen-bond donors (Lipinski definition) is 0. The Hall–Kier alpha value is -2.04. The van der Waals surface area contributed by atoms with Crippen LogP contribution in [-0.2, 0) is 23.4 Å². The molecule has 0 aliphatic rings. The molecule has 0 amide bonds. The molecule has 2 heterocycles. The van der Waals surface area contributed by atoms with Gasteiger partial charge in [0.1, 0.15) is 6.33 Å². The fraction of sp³-hybridized carbons (Fsp3) is 0.263. The van der Waals surface area contributed by atoms with Crippen LogP contribution < -0.4 is 5.56 Å². The maximum absolute atomic E-state index is 11.5. The molecule has 0 fully saturated rings. The van der Waals surface area contributed by atoms with Crippen LogP contribution in [0.2, 0.25) is 0 Å². The van der Waals surface area contributed by atoms with E-state index in [2.05, 4.69) is 51.4 Å².